The second-order valence-electron chi connectivity index (χ2n) is 8.36. The van der Waals surface area contributed by atoms with Crippen molar-refractivity contribution in [3.05, 3.63) is 51.4 Å². The highest BCUT2D eigenvalue weighted by atomic mass is 35.5. The fourth-order valence-corrected chi connectivity index (χ4v) is 4.56. The fourth-order valence-electron chi connectivity index (χ4n) is 3.44. The Bertz CT molecular complexity index is 896. The molecule has 0 spiro atoms. The Balaban J connectivity index is 0.00000281. The normalized spacial score (nSPS) is 20.4. The summed E-state index contributed by atoms with van der Waals surface area (Å²) in [4.78, 5) is 28.3. The third kappa shape index (κ3) is 8.99. The van der Waals surface area contributed by atoms with E-state index < -0.39 is 8.07 Å². The van der Waals surface area contributed by atoms with Crippen molar-refractivity contribution in [3.63, 3.8) is 0 Å². The minimum atomic E-state index is -0.796. The van der Waals surface area contributed by atoms with E-state index in [1.54, 1.807) is 25.3 Å². The molecule has 0 aromatic heterocycles. The van der Waals surface area contributed by atoms with Crippen LogP contribution in [0.25, 0.3) is 0 Å². The summed E-state index contributed by atoms with van der Waals surface area (Å²) in [7, 11) is 2.52. The first-order valence-electron chi connectivity index (χ1n) is 11.3. The van der Waals surface area contributed by atoms with Crippen LogP contribution in [0.15, 0.2) is 40.9 Å². The molecular weight excluding hydrogens is 491 g/mol. The number of benzene rings is 1. The number of rotatable bonds is 12. The number of carbonyl (C=O) groups is 1. The number of anilines is 1. The van der Waals surface area contributed by atoms with Crippen molar-refractivity contribution in [1.29, 1.82) is 0 Å². The molecule has 3 atom stereocenters. The monoisotopic (exact) mass is 528 g/mol. The van der Waals surface area contributed by atoms with Crippen LogP contribution in [0.3, 0.4) is 0 Å². The second kappa shape index (κ2) is 14.9. The third-order valence-corrected chi connectivity index (χ3v) is 7.89. The number of nitroso groups, excluding NO2 is 1. The molecule has 1 aliphatic rings. The van der Waals surface area contributed by atoms with Crippen LogP contribution in [0.4, 0.5) is 5.69 Å². The second-order valence-corrected chi connectivity index (χ2v) is 10.9. The molecule has 1 aromatic rings. The molecule has 1 aliphatic heterocycles. The maximum absolute atomic E-state index is 12.8. The average molecular weight is 529 g/mol. The number of nitrogens with zero attached hydrogens (tertiary/aromatic N) is 2. The van der Waals surface area contributed by atoms with E-state index in [1.165, 1.54) is 0 Å². The van der Waals surface area contributed by atoms with Gasteiger partial charge in [-0.1, -0.05) is 42.3 Å². The lowest BCUT2D eigenvalue weighted by molar-refractivity contribution is -0.118. The number of thiol groups is 1. The maximum atomic E-state index is 12.8. The molecule has 1 saturated heterocycles. The summed E-state index contributed by atoms with van der Waals surface area (Å²) in [5, 5.41) is 0.421. The van der Waals surface area contributed by atoms with Gasteiger partial charge < -0.3 is 14.4 Å². The van der Waals surface area contributed by atoms with Crippen molar-refractivity contribution >= 4 is 43.9 Å². The molecule has 1 heterocycles. The van der Waals surface area contributed by atoms with Gasteiger partial charge in [0.15, 0.2) is 0 Å². The van der Waals surface area contributed by atoms with E-state index in [-0.39, 0.29) is 17.6 Å². The number of hydrogen-bond acceptors (Lipinski definition) is 6. The van der Waals surface area contributed by atoms with Crippen LogP contribution in [0.5, 0.6) is 5.75 Å². The highest BCUT2D eigenvalue weighted by Gasteiger charge is 2.48. The van der Waals surface area contributed by atoms with Gasteiger partial charge in [0.05, 0.1) is 32.6 Å². The summed E-state index contributed by atoms with van der Waals surface area (Å²) in [5.41, 5.74) is 2.57. The molecule has 190 valence electrons. The van der Waals surface area contributed by atoms with E-state index in [2.05, 4.69) is 17.6 Å². The van der Waals surface area contributed by atoms with Crippen LogP contribution in [-0.4, -0.2) is 50.3 Å². The van der Waals surface area contributed by atoms with Gasteiger partial charge in [-0.2, -0.15) is 12.6 Å². The van der Waals surface area contributed by atoms with Crippen molar-refractivity contribution in [2.24, 2.45) is 4.95 Å². The first-order valence-corrected chi connectivity index (χ1v) is 14.2. The zero-order valence-corrected chi connectivity index (χ0v) is 23.8. The fraction of sp³-hybridized carbons (Fsp3) is 0.560. The molecule has 3 unspecified atom stereocenters. The SMILES string of the molecule is CCP(C/C=C/C=C(\C)Cc1cc(OC)c(Cl)c(N(C)C(=O)CCC2(C)OC2C)c1)N=O.CS. The Morgan fingerprint density at radius 2 is 2.06 bits per heavy atom. The number of halogens is 1. The van der Waals surface area contributed by atoms with E-state index in [4.69, 9.17) is 21.1 Å². The number of ether oxygens (including phenoxy) is 2. The van der Waals surface area contributed by atoms with E-state index in [1.807, 2.05) is 58.1 Å². The molecule has 0 bridgehead atoms. The zero-order valence-electron chi connectivity index (χ0n) is 21.3. The van der Waals surface area contributed by atoms with Gasteiger partial charge in [0, 0.05) is 19.6 Å². The van der Waals surface area contributed by atoms with E-state index in [0.717, 1.165) is 17.3 Å². The summed E-state index contributed by atoms with van der Waals surface area (Å²) in [6, 6.07) is 3.84. The van der Waals surface area contributed by atoms with Crippen LogP contribution in [0.2, 0.25) is 5.02 Å². The maximum Gasteiger partial charge on any atom is 0.226 e. The van der Waals surface area contributed by atoms with Crippen LogP contribution in [0.1, 0.15) is 46.1 Å². The molecule has 9 heteroatoms. The number of allylic oxidation sites excluding steroid dienone is 4. The number of methoxy groups -OCH3 is 1. The molecule has 6 nitrogen and oxygen atoms in total. The summed E-state index contributed by atoms with van der Waals surface area (Å²) >= 11 is 10.1. The highest BCUT2D eigenvalue weighted by Crippen LogP contribution is 2.41. The van der Waals surface area contributed by atoms with Gasteiger partial charge in [0.1, 0.15) is 10.8 Å². The Morgan fingerprint density at radius 3 is 2.59 bits per heavy atom. The lowest BCUT2D eigenvalue weighted by Gasteiger charge is -2.22. The highest BCUT2D eigenvalue weighted by molar-refractivity contribution is 7.79. The minimum Gasteiger partial charge on any atom is -0.495 e. The molecule has 2 rings (SSSR count). The van der Waals surface area contributed by atoms with Gasteiger partial charge in [0.25, 0.3) is 0 Å². The van der Waals surface area contributed by atoms with Gasteiger partial charge in [-0.25, -0.2) is 0 Å². The molecule has 1 amide bonds. The molecule has 0 radical (unpaired) electrons. The molecular formula is C25H38ClN2O4PS. The lowest BCUT2D eigenvalue weighted by Crippen LogP contribution is -2.28. The van der Waals surface area contributed by atoms with Crippen molar-refractivity contribution in [1.82, 2.24) is 0 Å². The van der Waals surface area contributed by atoms with Crippen molar-refractivity contribution < 1.29 is 14.3 Å². The average Bonchev–Trinajstić information content (AvgIpc) is 3.45. The van der Waals surface area contributed by atoms with Crippen molar-refractivity contribution in [2.75, 3.05) is 37.6 Å². The smallest absolute Gasteiger partial charge is 0.226 e. The predicted molar refractivity (Wildman–Crippen MR) is 149 cm³/mol. The molecule has 34 heavy (non-hydrogen) atoms. The molecule has 0 aliphatic carbocycles. The summed E-state index contributed by atoms with van der Waals surface area (Å²) < 4.78 is 11.0. The first kappa shape index (κ1) is 30.6. The van der Waals surface area contributed by atoms with E-state index in [0.29, 0.717) is 41.9 Å². The summed E-state index contributed by atoms with van der Waals surface area (Å²) in [6.07, 6.45) is 11.1. The standard InChI is InChI=1S/C24H34ClN2O4P.CH4S/c1-7-32(26-29)13-9-8-10-17(2)14-19-15-20(23(25)21(16-19)30-6)27(5)22(28)11-12-24(4)18(3)31-24;1-2/h8-10,15-16,18H,7,11-14H2,1-6H3;2H,1H3/b9-8+,17-10+;. The first-order chi connectivity index (χ1) is 16.1. The molecule has 1 fully saturated rings. The topological polar surface area (TPSA) is 71.5 Å². The summed E-state index contributed by atoms with van der Waals surface area (Å²) in [6.45, 7) is 8.07. The number of hydrogen-bond donors (Lipinski definition) is 1. The van der Waals surface area contributed by atoms with Crippen LogP contribution < -0.4 is 9.64 Å². The largest absolute Gasteiger partial charge is 0.495 e. The van der Waals surface area contributed by atoms with Gasteiger partial charge in [-0.05, 0) is 68.7 Å². The predicted octanol–water partition coefficient (Wildman–Crippen LogP) is 7.04. The van der Waals surface area contributed by atoms with E-state index in [9.17, 15) is 9.70 Å². The van der Waals surface area contributed by atoms with Crippen molar-refractivity contribution in [3.8, 4) is 5.75 Å². The lowest BCUT2D eigenvalue weighted by atomic mass is 10.0. The van der Waals surface area contributed by atoms with Gasteiger partial charge in [-0.15, -0.1) is 4.91 Å². The third-order valence-electron chi connectivity index (χ3n) is 5.92. The number of carbonyl (C=O) groups excluding carboxylic acids is 1. The van der Waals surface area contributed by atoms with Crippen LogP contribution in [0, 0.1) is 4.91 Å². The quantitative estimate of drug-likeness (QED) is 0.104. The number of amides is 1. The minimum absolute atomic E-state index is 0.0126. The van der Waals surface area contributed by atoms with Crippen molar-refractivity contribution in [2.45, 2.75) is 58.7 Å². The zero-order chi connectivity index (χ0) is 25.9. The summed E-state index contributed by atoms with van der Waals surface area (Å²) in [5.74, 6) is 0.528. The van der Waals surface area contributed by atoms with Gasteiger partial charge in [0.2, 0.25) is 5.91 Å². The molecule has 0 saturated carbocycles. The Morgan fingerprint density at radius 1 is 1.41 bits per heavy atom. The van der Waals surface area contributed by atoms with Crippen LogP contribution in [-0.2, 0) is 16.0 Å². The molecule has 1 aromatic carbocycles. The Kier molecular flexibility index (Phi) is 13.4. The van der Waals surface area contributed by atoms with Gasteiger partial charge in [-0.3, -0.25) is 4.79 Å². The van der Waals surface area contributed by atoms with E-state index >= 15 is 0 Å². The molecule has 0 N–H and O–H groups in total. The Hall–Kier alpha value is -1.40. The Labute approximate surface area is 216 Å². The number of epoxide rings is 1. The van der Waals surface area contributed by atoms with Crippen LogP contribution >= 0.6 is 32.3 Å². The van der Waals surface area contributed by atoms with Gasteiger partial charge >= 0.3 is 0 Å².